The highest BCUT2D eigenvalue weighted by molar-refractivity contribution is 5.89. The maximum atomic E-state index is 12.8. The van der Waals surface area contributed by atoms with Gasteiger partial charge in [-0.1, -0.05) is 19.9 Å². The summed E-state index contributed by atoms with van der Waals surface area (Å²) in [5, 5.41) is 2.19. The molecule has 5 heteroatoms. The van der Waals surface area contributed by atoms with Crippen LogP contribution in [0, 0.1) is 0 Å². The third-order valence-electron chi connectivity index (χ3n) is 2.33. The zero-order chi connectivity index (χ0) is 13.2. The second-order valence-corrected chi connectivity index (χ2v) is 4.14. The molecule has 1 N–H and O–H groups in total. The van der Waals surface area contributed by atoms with Crippen molar-refractivity contribution in [2.45, 2.75) is 32.9 Å². The molecule has 0 spiro atoms. The molecule has 1 aromatic carbocycles. The van der Waals surface area contributed by atoms with Gasteiger partial charge in [0.15, 0.2) is 0 Å². The highest BCUT2D eigenvalue weighted by Gasteiger charge is 2.34. The number of hydrogen-bond acceptors (Lipinski definition) is 1. The van der Waals surface area contributed by atoms with Crippen LogP contribution in [0.5, 0.6) is 0 Å². The van der Waals surface area contributed by atoms with Crippen LogP contribution in [0.3, 0.4) is 0 Å². The van der Waals surface area contributed by atoms with E-state index in [9.17, 15) is 18.0 Å². The fraction of sp³-hybridized carbons (Fsp3) is 0.417. The lowest BCUT2D eigenvalue weighted by Gasteiger charge is -2.16. The maximum Gasteiger partial charge on any atom is 0.418 e. The average Bonchev–Trinajstić information content (AvgIpc) is 2.15. The van der Waals surface area contributed by atoms with E-state index in [0.29, 0.717) is 5.56 Å². The van der Waals surface area contributed by atoms with Crippen molar-refractivity contribution in [2.75, 3.05) is 5.32 Å². The number of benzene rings is 1. The highest BCUT2D eigenvalue weighted by atomic mass is 19.4. The second kappa shape index (κ2) is 4.77. The average molecular weight is 245 g/mol. The number of hydrogen-bond donors (Lipinski definition) is 1. The molecule has 0 unspecified atom stereocenters. The molecule has 1 rings (SSSR count). The summed E-state index contributed by atoms with van der Waals surface area (Å²) in [6.45, 7) is 4.80. The van der Waals surface area contributed by atoms with Gasteiger partial charge in [-0.3, -0.25) is 4.79 Å². The van der Waals surface area contributed by atoms with Gasteiger partial charge >= 0.3 is 6.18 Å². The molecule has 0 saturated carbocycles. The molecule has 0 bridgehead atoms. The van der Waals surface area contributed by atoms with Gasteiger partial charge in [-0.05, 0) is 23.6 Å². The van der Waals surface area contributed by atoms with Crippen molar-refractivity contribution in [1.82, 2.24) is 0 Å². The van der Waals surface area contributed by atoms with E-state index < -0.39 is 17.6 Å². The quantitative estimate of drug-likeness (QED) is 0.843. The first-order valence-corrected chi connectivity index (χ1v) is 5.20. The van der Waals surface area contributed by atoms with Gasteiger partial charge in [0, 0.05) is 6.92 Å². The Morgan fingerprint density at radius 3 is 2.29 bits per heavy atom. The molecule has 0 aliphatic heterocycles. The van der Waals surface area contributed by atoms with E-state index in [2.05, 4.69) is 5.32 Å². The molecule has 0 aromatic heterocycles. The molecule has 0 fully saturated rings. The first-order chi connectivity index (χ1) is 7.71. The van der Waals surface area contributed by atoms with E-state index in [4.69, 9.17) is 0 Å². The predicted octanol–water partition coefficient (Wildman–Crippen LogP) is 3.79. The minimum Gasteiger partial charge on any atom is -0.326 e. The van der Waals surface area contributed by atoms with Crippen LogP contribution in [0.1, 0.15) is 37.8 Å². The first-order valence-electron chi connectivity index (χ1n) is 5.20. The Hall–Kier alpha value is -1.52. The molecular formula is C12H14F3NO. The summed E-state index contributed by atoms with van der Waals surface area (Å²) in [7, 11) is 0. The largest absolute Gasteiger partial charge is 0.418 e. The van der Waals surface area contributed by atoms with Crippen LogP contribution in [0.15, 0.2) is 18.2 Å². The topological polar surface area (TPSA) is 29.1 Å². The zero-order valence-corrected chi connectivity index (χ0v) is 9.85. The summed E-state index contributed by atoms with van der Waals surface area (Å²) in [5.41, 5.74) is -0.417. The fourth-order valence-electron chi connectivity index (χ4n) is 1.45. The summed E-state index contributed by atoms with van der Waals surface area (Å²) in [4.78, 5) is 10.8. The number of nitrogens with one attached hydrogen (secondary N) is 1. The number of carbonyl (C=O) groups is 1. The third-order valence-corrected chi connectivity index (χ3v) is 2.33. The molecule has 0 atom stereocenters. The van der Waals surface area contributed by atoms with Crippen LogP contribution < -0.4 is 5.32 Å². The molecule has 1 amide bonds. The number of halogens is 3. The minimum absolute atomic E-state index is 0.00229. The van der Waals surface area contributed by atoms with Crippen LogP contribution in [0.2, 0.25) is 0 Å². The third kappa shape index (κ3) is 3.47. The lowest BCUT2D eigenvalue weighted by Crippen LogP contribution is -2.14. The standard InChI is InChI=1S/C12H14F3NO/c1-7(2)9-4-5-11(16-8(3)17)10(6-9)12(13,14)15/h4-7H,1-3H3,(H,16,17). The van der Waals surface area contributed by atoms with Gasteiger partial charge in [0.25, 0.3) is 0 Å². The van der Waals surface area contributed by atoms with Gasteiger partial charge in [-0.25, -0.2) is 0 Å². The summed E-state index contributed by atoms with van der Waals surface area (Å²) in [6, 6.07) is 3.96. The molecule has 2 nitrogen and oxygen atoms in total. The van der Waals surface area contributed by atoms with Crippen molar-refractivity contribution in [3.05, 3.63) is 29.3 Å². The lowest BCUT2D eigenvalue weighted by molar-refractivity contribution is -0.137. The van der Waals surface area contributed by atoms with E-state index in [0.717, 1.165) is 6.07 Å². The number of carbonyl (C=O) groups excluding carboxylic acids is 1. The van der Waals surface area contributed by atoms with Gasteiger partial charge in [0.05, 0.1) is 11.3 Å². The van der Waals surface area contributed by atoms with Gasteiger partial charge < -0.3 is 5.32 Å². The predicted molar refractivity (Wildman–Crippen MR) is 59.8 cm³/mol. The number of alkyl halides is 3. The minimum atomic E-state index is -4.47. The SMILES string of the molecule is CC(=O)Nc1ccc(C(C)C)cc1C(F)(F)F. The van der Waals surface area contributed by atoms with Crippen LogP contribution in [-0.2, 0) is 11.0 Å². The first kappa shape index (κ1) is 13.5. The smallest absolute Gasteiger partial charge is 0.326 e. The highest BCUT2D eigenvalue weighted by Crippen LogP contribution is 2.36. The number of anilines is 1. The molecular weight excluding hydrogens is 231 g/mol. The van der Waals surface area contributed by atoms with Crippen LogP contribution in [0.25, 0.3) is 0 Å². The lowest BCUT2D eigenvalue weighted by atomic mass is 9.99. The maximum absolute atomic E-state index is 12.8. The number of amides is 1. The fourth-order valence-corrected chi connectivity index (χ4v) is 1.45. The molecule has 1 aromatic rings. The van der Waals surface area contributed by atoms with Crippen molar-refractivity contribution in [1.29, 1.82) is 0 Å². The van der Waals surface area contributed by atoms with E-state index in [1.165, 1.54) is 13.0 Å². The summed E-state index contributed by atoms with van der Waals surface area (Å²) >= 11 is 0. The van der Waals surface area contributed by atoms with E-state index in [1.807, 2.05) is 13.8 Å². The molecule has 0 radical (unpaired) electrons. The van der Waals surface area contributed by atoms with Crippen LogP contribution in [0.4, 0.5) is 18.9 Å². The molecule has 94 valence electrons. The molecule has 0 saturated heterocycles. The summed E-state index contributed by atoms with van der Waals surface area (Å²) in [5.74, 6) is -0.518. The monoisotopic (exact) mass is 245 g/mol. The Morgan fingerprint density at radius 1 is 1.29 bits per heavy atom. The number of rotatable bonds is 2. The van der Waals surface area contributed by atoms with E-state index >= 15 is 0 Å². The van der Waals surface area contributed by atoms with Crippen LogP contribution >= 0.6 is 0 Å². The Morgan fingerprint density at radius 2 is 1.88 bits per heavy atom. The molecule has 0 aliphatic rings. The van der Waals surface area contributed by atoms with Crippen molar-refractivity contribution >= 4 is 11.6 Å². The Labute approximate surface area is 97.8 Å². The van der Waals surface area contributed by atoms with E-state index in [-0.39, 0.29) is 11.6 Å². The molecule has 17 heavy (non-hydrogen) atoms. The van der Waals surface area contributed by atoms with Crippen molar-refractivity contribution in [3.8, 4) is 0 Å². The Bertz CT molecular complexity index is 424. The van der Waals surface area contributed by atoms with Crippen molar-refractivity contribution < 1.29 is 18.0 Å². The van der Waals surface area contributed by atoms with E-state index in [1.54, 1.807) is 6.07 Å². The van der Waals surface area contributed by atoms with Crippen molar-refractivity contribution in [3.63, 3.8) is 0 Å². The van der Waals surface area contributed by atoms with Crippen molar-refractivity contribution in [2.24, 2.45) is 0 Å². The Balaban J connectivity index is 3.27. The van der Waals surface area contributed by atoms with Gasteiger partial charge in [0.1, 0.15) is 0 Å². The normalized spacial score (nSPS) is 11.7. The molecule has 0 heterocycles. The Kier molecular flexibility index (Phi) is 3.80. The molecule has 0 aliphatic carbocycles. The van der Waals surface area contributed by atoms with Gasteiger partial charge in [-0.2, -0.15) is 13.2 Å². The summed E-state index contributed by atoms with van der Waals surface area (Å²) in [6.07, 6.45) is -4.47. The summed E-state index contributed by atoms with van der Waals surface area (Å²) < 4.78 is 38.4. The second-order valence-electron chi connectivity index (χ2n) is 4.14. The van der Waals surface area contributed by atoms with Gasteiger partial charge in [0.2, 0.25) is 5.91 Å². The van der Waals surface area contributed by atoms with Crippen LogP contribution in [-0.4, -0.2) is 5.91 Å². The van der Waals surface area contributed by atoms with Gasteiger partial charge in [-0.15, -0.1) is 0 Å². The zero-order valence-electron chi connectivity index (χ0n) is 9.85.